The van der Waals surface area contributed by atoms with Gasteiger partial charge in [0.2, 0.25) is 0 Å². The third-order valence-corrected chi connectivity index (χ3v) is 2.47. The molecule has 0 atom stereocenters. The van der Waals surface area contributed by atoms with Crippen LogP contribution < -0.4 is 4.90 Å². The Bertz CT molecular complexity index is 346. The first-order valence-electron chi connectivity index (χ1n) is 4.95. The van der Waals surface area contributed by atoms with Gasteiger partial charge in [0, 0.05) is 24.8 Å². The lowest BCUT2D eigenvalue weighted by Crippen LogP contribution is -2.25. The van der Waals surface area contributed by atoms with Crippen LogP contribution in [-0.4, -0.2) is 18.1 Å². The molecule has 1 aromatic rings. The molecule has 0 amide bonds. The zero-order chi connectivity index (χ0) is 11.1. The van der Waals surface area contributed by atoms with Crippen molar-refractivity contribution in [2.75, 3.05) is 18.0 Å². The third-order valence-electron chi connectivity index (χ3n) is 2.19. The predicted molar refractivity (Wildman–Crippen MR) is 61.9 cm³/mol. The molecular weight excluding hydrogens is 210 g/mol. The molecule has 0 fully saturated rings. The molecule has 0 radical (unpaired) electrons. The summed E-state index contributed by atoms with van der Waals surface area (Å²) < 4.78 is 0. The molecule has 0 spiro atoms. The van der Waals surface area contributed by atoms with Crippen LogP contribution in [0.15, 0.2) is 18.3 Å². The van der Waals surface area contributed by atoms with Crippen molar-refractivity contribution >= 4 is 17.4 Å². The fourth-order valence-electron chi connectivity index (χ4n) is 1.42. The molecule has 0 bridgehead atoms. The number of alkyl halides is 1. The van der Waals surface area contributed by atoms with Gasteiger partial charge >= 0.3 is 0 Å². The molecule has 15 heavy (non-hydrogen) atoms. The molecule has 0 aliphatic carbocycles. The second-order valence-corrected chi connectivity index (χ2v) is 3.37. The topological polar surface area (TPSA) is 39.9 Å². The van der Waals surface area contributed by atoms with Crippen LogP contribution in [0.25, 0.3) is 0 Å². The van der Waals surface area contributed by atoms with E-state index < -0.39 is 0 Å². The van der Waals surface area contributed by atoms with Crippen molar-refractivity contribution in [2.24, 2.45) is 0 Å². The van der Waals surface area contributed by atoms with Gasteiger partial charge in [-0.25, -0.2) is 4.98 Å². The predicted octanol–water partition coefficient (Wildman–Crippen LogP) is 2.56. The fourth-order valence-corrected chi connectivity index (χ4v) is 1.63. The van der Waals surface area contributed by atoms with E-state index in [9.17, 15) is 0 Å². The van der Waals surface area contributed by atoms with Crippen molar-refractivity contribution in [3.63, 3.8) is 0 Å². The van der Waals surface area contributed by atoms with Crippen molar-refractivity contribution in [2.45, 2.75) is 19.2 Å². The minimum atomic E-state index is 0.451. The molecule has 1 aromatic heterocycles. The van der Waals surface area contributed by atoms with Crippen LogP contribution >= 0.6 is 11.6 Å². The Hall–Kier alpha value is -1.27. The summed E-state index contributed by atoms with van der Waals surface area (Å²) >= 11 is 5.84. The van der Waals surface area contributed by atoms with E-state index in [-0.39, 0.29) is 0 Å². The highest BCUT2D eigenvalue weighted by molar-refractivity contribution is 6.17. The lowest BCUT2D eigenvalue weighted by molar-refractivity contribution is 0.805. The monoisotopic (exact) mass is 223 g/mol. The van der Waals surface area contributed by atoms with E-state index in [0.29, 0.717) is 18.8 Å². The van der Waals surface area contributed by atoms with Crippen LogP contribution in [0.4, 0.5) is 5.82 Å². The van der Waals surface area contributed by atoms with Gasteiger partial charge in [0.25, 0.3) is 0 Å². The van der Waals surface area contributed by atoms with E-state index in [1.807, 2.05) is 19.1 Å². The van der Waals surface area contributed by atoms with E-state index in [1.54, 1.807) is 6.20 Å². The van der Waals surface area contributed by atoms with Crippen LogP contribution in [0.1, 0.15) is 18.9 Å². The summed E-state index contributed by atoms with van der Waals surface area (Å²) in [5.74, 6) is 1.34. The molecule has 0 saturated heterocycles. The third kappa shape index (κ3) is 3.10. The van der Waals surface area contributed by atoms with E-state index in [1.165, 1.54) is 0 Å². The van der Waals surface area contributed by atoms with Gasteiger partial charge in [-0.3, -0.25) is 0 Å². The van der Waals surface area contributed by atoms with Gasteiger partial charge in [0.1, 0.15) is 5.82 Å². The Morgan fingerprint density at radius 1 is 1.60 bits per heavy atom. The van der Waals surface area contributed by atoms with Crippen LogP contribution in [0.5, 0.6) is 0 Å². The lowest BCUT2D eigenvalue weighted by Gasteiger charge is -2.22. The average molecular weight is 224 g/mol. The number of anilines is 1. The molecule has 3 nitrogen and oxygen atoms in total. The first kappa shape index (κ1) is 11.8. The summed E-state index contributed by atoms with van der Waals surface area (Å²) in [6.07, 6.45) is 2.26. The molecule has 0 aromatic carbocycles. The lowest BCUT2D eigenvalue weighted by atomic mass is 10.2. The normalized spacial score (nSPS) is 9.67. The van der Waals surface area contributed by atoms with Gasteiger partial charge in [-0.2, -0.15) is 5.26 Å². The second-order valence-electron chi connectivity index (χ2n) is 3.11. The molecule has 80 valence electrons. The summed E-state index contributed by atoms with van der Waals surface area (Å²) in [6.45, 7) is 3.58. The molecule has 0 aliphatic rings. The Morgan fingerprint density at radius 2 is 2.40 bits per heavy atom. The van der Waals surface area contributed by atoms with Crippen LogP contribution in [0.2, 0.25) is 0 Å². The molecule has 1 rings (SSSR count). The molecular formula is C11H14ClN3. The number of hydrogen-bond acceptors (Lipinski definition) is 3. The van der Waals surface area contributed by atoms with Gasteiger partial charge in [-0.05, 0) is 13.0 Å². The highest BCUT2D eigenvalue weighted by atomic mass is 35.5. The fraction of sp³-hybridized carbons (Fsp3) is 0.455. The zero-order valence-corrected chi connectivity index (χ0v) is 9.54. The van der Waals surface area contributed by atoms with Gasteiger partial charge in [0.15, 0.2) is 0 Å². The largest absolute Gasteiger partial charge is 0.356 e. The Morgan fingerprint density at radius 3 is 3.00 bits per heavy atom. The summed E-state index contributed by atoms with van der Waals surface area (Å²) in [6, 6.07) is 5.97. The van der Waals surface area contributed by atoms with Gasteiger partial charge in [0.05, 0.1) is 18.4 Å². The van der Waals surface area contributed by atoms with E-state index in [4.69, 9.17) is 16.9 Å². The minimum Gasteiger partial charge on any atom is -0.356 e. The Labute approximate surface area is 95.3 Å². The quantitative estimate of drug-likeness (QED) is 0.721. The van der Waals surface area contributed by atoms with Crippen LogP contribution in [0, 0.1) is 11.3 Å². The van der Waals surface area contributed by atoms with Crippen molar-refractivity contribution in [3.05, 3.63) is 23.9 Å². The maximum Gasteiger partial charge on any atom is 0.132 e. The molecule has 1 heterocycles. The number of pyridine rings is 1. The first-order chi connectivity index (χ1) is 7.33. The number of rotatable bonds is 5. The van der Waals surface area contributed by atoms with E-state index in [0.717, 1.165) is 17.9 Å². The number of aromatic nitrogens is 1. The molecule has 0 N–H and O–H groups in total. The van der Waals surface area contributed by atoms with Crippen molar-refractivity contribution < 1.29 is 0 Å². The summed E-state index contributed by atoms with van der Waals surface area (Å²) in [7, 11) is 0. The highest BCUT2D eigenvalue weighted by Gasteiger charge is 2.09. The SMILES string of the molecule is CCN(CCC#N)c1ncccc1CCl. The number of nitrogens with zero attached hydrogens (tertiary/aromatic N) is 3. The standard InChI is InChI=1S/C11H14ClN3/c1-2-15(8-4-6-13)11-10(9-12)5-3-7-14-11/h3,5,7H,2,4,8-9H2,1H3. The number of nitriles is 1. The average Bonchev–Trinajstić information content (AvgIpc) is 2.30. The van der Waals surface area contributed by atoms with Crippen LogP contribution in [0.3, 0.4) is 0 Å². The minimum absolute atomic E-state index is 0.451. The molecule has 0 aliphatic heterocycles. The highest BCUT2D eigenvalue weighted by Crippen LogP contribution is 2.18. The smallest absolute Gasteiger partial charge is 0.132 e. The van der Waals surface area contributed by atoms with Crippen molar-refractivity contribution in [1.82, 2.24) is 4.98 Å². The summed E-state index contributed by atoms with van der Waals surface area (Å²) in [5.41, 5.74) is 1.01. The molecule has 4 heteroatoms. The van der Waals surface area contributed by atoms with E-state index >= 15 is 0 Å². The molecule has 0 saturated carbocycles. The maximum atomic E-state index is 8.56. The van der Waals surface area contributed by atoms with E-state index in [2.05, 4.69) is 16.0 Å². The number of hydrogen-bond donors (Lipinski definition) is 0. The Kier molecular flexibility index (Phi) is 4.92. The molecule has 0 unspecified atom stereocenters. The van der Waals surface area contributed by atoms with Crippen LogP contribution in [-0.2, 0) is 5.88 Å². The summed E-state index contributed by atoms with van der Waals surface area (Å²) in [4.78, 5) is 6.38. The zero-order valence-electron chi connectivity index (χ0n) is 8.78. The maximum absolute atomic E-state index is 8.56. The van der Waals surface area contributed by atoms with Crippen molar-refractivity contribution in [3.8, 4) is 6.07 Å². The van der Waals surface area contributed by atoms with Gasteiger partial charge < -0.3 is 4.90 Å². The van der Waals surface area contributed by atoms with Crippen molar-refractivity contribution in [1.29, 1.82) is 5.26 Å². The second kappa shape index (κ2) is 6.26. The number of halogens is 1. The first-order valence-corrected chi connectivity index (χ1v) is 5.48. The Balaban J connectivity index is 2.86. The van der Waals surface area contributed by atoms with Gasteiger partial charge in [-0.1, -0.05) is 6.07 Å². The summed E-state index contributed by atoms with van der Waals surface area (Å²) in [5, 5.41) is 8.56. The van der Waals surface area contributed by atoms with Gasteiger partial charge in [-0.15, -0.1) is 11.6 Å².